The number of hydrogen-bond donors (Lipinski definition) is 1. The summed E-state index contributed by atoms with van der Waals surface area (Å²) in [6, 6.07) is 30.2. The second-order valence-corrected chi connectivity index (χ2v) is 19.4. The van der Waals surface area contributed by atoms with Crippen molar-refractivity contribution >= 4 is 28.6 Å². The van der Waals surface area contributed by atoms with E-state index in [0.29, 0.717) is 29.9 Å². The van der Waals surface area contributed by atoms with Crippen LogP contribution in [0.2, 0.25) is 0 Å². The number of oxazole rings is 1. The molecule has 64 heavy (non-hydrogen) atoms. The van der Waals surface area contributed by atoms with E-state index in [1.54, 1.807) is 23.8 Å². The summed E-state index contributed by atoms with van der Waals surface area (Å²) in [7, 11) is 0. The highest BCUT2D eigenvalue weighted by molar-refractivity contribution is 7.15. The summed E-state index contributed by atoms with van der Waals surface area (Å²) in [6.07, 6.45) is 10.3. The number of piperazine rings is 1. The molecule has 1 N–H and O–H groups in total. The Kier molecular flexibility index (Phi) is 10.9. The summed E-state index contributed by atoms with van der Waals surface area (Å²) in [5.41, 5.74) is 10.9. The van der Waals surface area contributed by atoms with Gasteiger partial charge in [0.1, 0.15) is 34.7 Å². The first-order chi connectivity index (χ1) is 31.3. The van der Waals surface area contributed by atoms with E-state index < -0.39 is 0 Å². The van der Waals surface area contributed by atoms with Gasteiger partial charge in [-0.1, -0.05) is 54.6 Å². The van der Waals surface area contributed by atoms with Crippen molar-refractivity contribution < 1.29 is 9.52 Å². The van der Waals surface area contributed by atoms with Gasteiger partial charge >= 0.3 is 0 Å². The van der Waals surface area contributed by atoms with Crippen LogP contribution in [0.1, 0.15) is 98.5 Å². The number of benzene rings is 3. The SMILES string of the molecule is Cc1sc2c(c1C)C(c1ccc(N3CCC(CN4CCN(c5ccc([C@@H]6c7ccc(O)cc7CC[C@@H]6c6ccccc6)cn5)CC4)CC3)cc1)=N[C@@H](Cc1ncco1)c1nnc(C)n1-2. The number of thiophene rings is 1. The first-order valence-corrected chi connectivity index (χ1v) is 23.8. The molecule has 0 amide bonds. The van der Waals surface area contributed by atoms with Crippen molar-refractivity contribution in [3.63, 3.8) is 0 Å². The third kappa shape index (κ3) is 7.70. The molecule has 0 unspecified atom stereocenters. The van der Waals surface area contributed by atoms with Gasteiger partial charge in [-0.2, -0.15) is 0 Å². The molecule has 326 valence electrons. The Bertz CT molecular complexity index is 2760. The normalized spacial score (nSPS) is 20.4. The van der Waals surface area contributed by atoms with Crippen LogP contribution in [0.5, 0.6) is 5.75 Å². The van der Waals surface area contributed by atoms with Crippen LogP contribution in [0.15, 0.2) is 113 Å². The third-order valence-electron chi connectivity index (χ3n) is 14.4. The highest BCUT2D eigenvalue weighted by atomic mass is 32.1. The number of aromatic nitrogens is 5. The van der Waals surface area contributed by atoms with E-state index in [-0.39, 0.29) is 12.0 Å². The first kappa shape index (κ1) is 40.7. The average molecular weight is 870 g/mol. The molecule has 4 aliphatic rings. The van der Waals surface area contributed by atoms with Crippen LogP contribution < -0.4 is 9.80 Å². The molecule has 3 atom stereocenters. The van der Waals surface area contributed by atoms with Crippen molar-refractivity contribution in [3.8, 4) is 10.8 Å². The lowest BCUT2D eigenvalue weighted by Gasteiger charge is -2.40. The van der Waals surface area contributed by atoms with Crippen molar-refractivity contribution in [1.29, 1.82) is 0 Å². The number of aryl methyl sites for hydroxylation is 3. The third-order valence-corrected chi connectivity index (χ3v) is 15.6. The van der Waals surface area contributed by atoms with Crippen LogP contribution in [0, 0.1) is 26.7 Å². The molecule has 0 radical (unpaired) electrons. The van der Waals surface area contributed by atoms with Crippen molar-refractivity contribution in [2.24, 2.45) is 10.9 Å². The van der Waals surface area contributed by atoms with E-state index in [9.17, 15) is 5.11 Å². The maximum absolute atomic E-state index is 10.3. The topological polar surface area (TPSA) is 112 Å². The van der Waals surface area contributed by atoms with Gasteiger partial charge in [0, 0.05) is 79.6 Å². The molecule has 7 aromatic rings. The van der Waals surface area contributed by atoms with Crippen molar-refractivity contribution in [1.82, 2.24) is 29.6 Å². The van der Waals surface area contributed by atoms with Gasteiger partial charge in [0.15, 0.2) is 11.7 Å². The summed E-state index contributed by atoms with van der Waals surface area (Å²) in [5, 5.41) is 20.5. The molecule has 0 bridgehead atoms. The number of phenolic OH excluding ortho intramolecular Hbond substituents is 1. The van der Waals surface area contributed by atoms with Crippen LogP contribution in [0.4, 0.5) is 11.5 Å². The van der Waals surface area contributed by atoms with Gasteiger partial charge in [-0.15, -0.1) is 21.5 Å². The molecule has 11 rings (SSSR count). The summed E-state index contributed by atoms with van der Waals surface area (Å²) in [5.74, 6) is 5.01. The summed E-state index contributed by atoms with van der Waals surface area (Å²) < 4.78 is 7.87. The standard InChI is InChI=1S/C52H55N9O2S/c1-33-34(2)64-52-48(33)50(55-45(30-47-53-21-28-63-47)51-57-56-35(3)61(51)52)38-9-13-41(14-10-38)59-22-19-36(20-23-59)32-58-24-26-60(27-25-58)46-18-12-40(31-54-46)49-43(37-7-5-4-6-8-37)16-11-39-29-42(62)15-17-44(39)49/h4-10,12-15,17-18,21,28-29,31,36,43,45,49,62H,11,16,19-20,22-27,30,32H2,1-3H3/t43-,45+,49+/m1/s1. The molecule has 0 spiro atoms. The monoisotopic (exact) mass is 869 g/mol. The molecule has 2 saturated heterocycles. The number of hydrogen-bond acceptors (Lipinski definition) is 11. The quantitative estimate of drug-likeness (QED) is 0.152. The number of fused-ring (bicyclic) bond motifs is 4. The van der Waals surface area contributed by atoms with Crippen LogP contribution >= 0.6 is 11.3 Å². The van der Waals surface area contributed by atoms with Gasteiger partial charge in [-0.25, -0.2) is 9.97 Å². The predicted molar refractivity (Wildman–Crippen MR) is 254 cm³/mol. The number of rotatable bonds is 9. The molecule has 2 fully saturated rings. The lowest BCUT2D eigenvalue weighted by molar-refractivity contribution is 0.201. The predicted octanol–water partition coefficient (Wildman–Crippen LogP) is 9.38. The Morgan fingerprint density at radius 1 is 0.797 bits per heavy atom. The molecule has 7 heterocycles. The fraction of sp³-hybridized carbons (Fsp3) is 0.365. The van der Waals surface area contributed by atoms with Gasteiger partial charge < -0.3 is 19.3 Å². The lowest BCUT2D eigenvalue weighted by atomic mass is 9.69. The Balaban J connectivity index is 0.717. The van der Waals surface area contributed by atoms with Gasteiger partial charge in [0.2, 0.25) is 0 Å². The second-order valence-electron chi connectivity index (χ2n) is 18.2. The average Bonchev–Trinajstić information content (AvgIpc) is 4.04. The van der Waals surface area contributed by atoms with E-state index in [2.05, 4.69) is 127 Å². The molecule has 4 aromatic heterocycles. The van der Waals surface area contributed by atoms with E-state index in [1.807, 2.05) is 19.1 Å². The molecular formula is C52H55N9O2S. The summed E-state index contributed by atoms with van der Waals surface area (Å²) in [6.45, 7) is 13.8. The smallest absolute Gasteiger partial charge is 0.196 e. The zero-order valence-corrected chi connectivity index (χ0v) is 37.7. The molecule has 3 aromatic carbocycles. The lowest BCUT2D eigenvalue weighted by Crippen LogP contribution is -2.49. The second kappa shape index (κ2) is 17.1. The van der Waals surface area contributed by atoms with E-state index in [1.165, 1.54) is 51.2 Å². The molecule has 12 heteroatoms. The fourth-order valence-corrected chi connectivity index (χ4v) is 12.0. The zero-order chi connectivity index (χ0) is 43.3. The number of nitrogens with zero attached hydrogens (tertiary/aromatic N) is 9. The maximum Gasteiger partial charge on any atom is 0.196 e. The zero-order valence-electron chi connectivity index (χ0n) is 36.9. The minimum atomic E-state index is -0.281. The molecule has 11 nitrogen and oxygen atoms in total. The Morgan fingerprint density at radius 3 is 2.36 bits per heavy atom. The van der Waals surface area contributed by atoms with Gasteiger partial charge in [0.05, 0.1) is 18.3 Å². The van der Waals surface area contributed by atoms with E-state index in [4.69, 9.17) is 14.4 Å². The largest absolute Gasteiger partial charge is 0.508 e. The highest BCUT2D eigenvalue weighted by Gasteiger charge is 2.34. The number of piperidine rings is 1. The van der Waals surface area contributed by atoms with Crippen molar-refractivity contribution in [3.05, 3.63) is 165 Å². The number of aliphatic imine (C=N–C) groups is 1. The Labute approximate surface area is 379 Å². The van der Waals surface area contributed by atoms with Crippen LogP contribution in [-0.2, 0) is 12.8 Å². The van der Waals surface area contributed by atoms with Gasteiger partial charge in [0.25, 0.3) is 0 Å². The summed E-state index contributed by atoms with van der Waals surface area (Å²) in [4.78, 5) is 23.9. The van der Waals surface area contributed by atoms with Crippen LogP contribution in [-0.4, -0.2) is 86.3 Å². The number of anilines is 2. The van der Waals surface area contributed by atoms with E-state index >= 15 is 0 Å². The molecule has 1 aliphatic carbocycles. The Hall–Kier alpha value is -6.11. The highest BCUT2D eigenvalue weighted by Crippen LogP contribution is 2.47. The number of aromatic hydroxyl groups is 1. The van der Waals surface area contributed by atoms with Gasteiger partial charge in [-0.3, -0.25) is 14.5 Å². The minimum Gasteiger partial charge on any atom is -0.508 e. The van der Waals surface area contributed by atoms with Crippen LogP contribution in [0.3, 0.4) is 0 Å². The Morgan fingerprint density at radius 2 is 1.61 bits per heavy atom. The van der Waals surface area contributed by atoms with Crippen molar-refractivity contribution in [2.75, 3.05) is 55.6 Å². The number of phenols is 1. The summed E-state index contributed by atoms with van der Waals surface area (Å²) >= 11 is 1.78. The minimum absolute atomic E-state index is 0.209. The first-order valence-electron chi connectivity index (χ1n) is 23.0. The van der Waals surface area contributed by atoms with Crippen molar-refractivity contribution in [2.45, 2.75) is 70.8 Å². The van der Waals surface area contributed by atoms with Crippen LogP contribution in [0.25, 0.3) is 5.00 Å². The molecule has 3 aliphatic heterocycles. The molecule has 0 saturated carbocycles. The maximum atomic E-state index is 10.3. The number of pyridine rings is 1. The van der Waals surface area contributed by atoms with E-state index in [0.717, 1.165) is 98.0 Å². The molecular weight excluding hydrogens is 815 g/mol. The fourth-order valence-electron chi connectivity index (χ4n) is 10.8. The van der Waals surface area contributed by atoms with Gasteiger partial charge in [-0.05, 0) is 116 Å².